The second kappa shape index (κ2) is 7.81. The lowest BCUT2D eigenvalue weighted by atomic mass is 10.2. The van der Waals surface area contributed by atoms with Gasteiger partial charge in [-0.25, -0.2) is 8.42 Å². The van der Waals surface area contributed by atoms with Crippen LogP contribution in [-0.2, 0) is 25.1 Å². The number of ether oxygens (including phenoxy) is 2. The van der Waals surface area contributed by atoms with Crippen molar-refractivity contribution in [3.05, 3.63) is 54.0 Å². The van der Waals surface area contributed by atoms with Crippen LogP contribution in [0.15, 0.2) is 52.0 Å². The Labute approximate surface area is 145 Å². The minimum Gasteiger partial charge on any atom is -0.459 e. The van der Waals surface area contributed by atoms with Gasteiger partial charge >= 0.3 is 0 Å². The zero-order valence-corrected chi connectivity index (χ0v) is 14.3. The van der Waals surface area contributed by atoms with Crippen molar-refractivity contribution in [2.24, 2.45) is 0 Å². The third-order valence-corrected chi connectivity index (χ3v) is 5.46. The molecule has 1 atom stereocenters. The van der Waals surface area contributed by atoms with Gasteiger partial charge in [-0.1, -0.05) is 18.2 Å². The summed E-state index contributed by atoms with van der Waals surface area (Å²) in [4.78, 5) is 12.5. The molecule has 3 rings (SSSR count). The molecule has 8 heteroatoms. The van der Waals surface area contributed by atoms with E-state index in [1.165, 1.54) is 24.5 Å². The molecule has 1 fully saturated rings. The summed E-state index contributed by atoms with van der Waals surface area (Å²) in [5.41, 5.74) is 0.321. The van der Waals surface area contributed by atoms with Crippen LogP contribution in [0.2, 0.25) is 0 Å². The Morgan fingerprint density at radius 3 is 2.68 bits per heavy atom. The molecule has 0 aliphatic carbocycles. The molecule has 1 aliphatic heterocycles. The van der Waals surface area contributed by atoms with Crippen LogP contribution in [0.25, 0.3) is 0 Å². The molecule has 134 valence electrons. The van der Waals surface area contributed by atoms with Gasteiger partial charge < -0.3 is 19.2 Å². The van der Waals surface area contributed by atoms with E-state index in [2.05, 4.69) is 5.32 Å². The second-order valence-electron chi connectivity index (χ2n) is 5.62. The number of carbonyl (C=O) groups is 1. The van der Waals surface area contributed by atoms with Gasteiger partial charge in [0.2, 0.25) is 0 Å². The summed E-state index contributed by atoms with van der Waals surface area (Å²) in [6.45, 7) is 1.71. The predicted molar refractivity (Wildman–Crippen MR) is 88.9 cm³/mol. The summed E-state index contributed by atoms with van der Waals surface area (Å²) in [5, 5.41) is 2.69. The zero-order chi connectivity index (χ0) is 17.7. The van der Waals surface area contributed by atoms with Crippen molar-refractivity contribution < 1.29 is 27.1 Å². The molecule has 25 heavy (non-hydrogen) atoms. The molecule has 2 heterocycles. The van der Waals surface area contributed by atoms with Crippen LogP contribution < -0.4 is 5.32 Å². The van der Waals surface area contributed by atoms with Crippen LogP contribution >= 0.6 is 0 Å². The van der Waals surface area contributed by atoms with Crippen LogP contribution in [0.5, 0.6) is 0 Å². The average Bonchev–Trinajstić information content (AvgIpc) is 3.09. The number of sulfone groups is 1. The van der Waals surface area contributed by atoms with Gasteiger partial charge in [0.25, 0.3) is 5.91 Å². The molecule has 1 N–H and O–H groups in total. The van der Waals surface area contributed by atoms with Gasteiger partial charge in [0, 0.05) is 12.1 Å². The molecule has 0 unspecified atom stereocenters. The monoisotopic (exact) mass is 365 g/mol. The summed E-state index contributed by atoms with van der Waals surface area (Å²) < 4.78 is 40.9. The summed E-state index contributed by atoms with van der Waals surface area (Å²) in [5.74, 6) is -0.784. The van der Waals surface area contributed by atoms with Gasteiger partial charge in [0.1, 0.15) is 0 Å². The van der Waals surface area contributed by atoms with E-state index in [0.717, 1.165) is 0 Å². The second-order valence-corrected chi connectivity index (χ2v) is 7.61. The number of amides is 1. The Balaban J connectivity index is 1.66. The van der Waals surface area contributed by atoms with E-state index in [9.17, 15) is 13.2 Å². The Bertz CT molecular complexity index is 809. The van der Waals surface area contributed by atoms with Gasteiger partial charge in [0.15, 0.2) is 15.6 Å². The minimum absolute atomic E-state index is 0.00349. The number of nitrogens with one attached hydrogen (secondary N) is 1. The number of benzene rings is 1. The smallest absolute Gasteiger partial charge is 0.287 e. The minimum atomic E-state index is -3.56. The van der Waals surface area contributed by atoms with E-state index >= 15 is 0 Å². The molecule has 0 bridgehead atoms. The molecule has 0 spiro atoms. The summed E-state index contributed by atoms with van der Waals surface area (Å²) in [6, 6.07) is 9.60. The van der Waals surface area contributed by atoms with E-state index in [-0.39, 0.29) is 29.1 Å². The number of rotatable bonds is 6. The molecule has 1 aliphatic rings. The van der Waals surface area contributed by atoms with Crippen LogP contribution in [0.4, 0.5) is 0 Å². The Morgan fingerprint density at radius 1 is 1.16 bits per heavy atom. The molecule has 1 aromatic heterocycles. The quantitative estimate of drug-likeness (QED) is 0.831. The van der Waals surface area contributed by atoms with E-state index < -0.39 is 15.7 Å². The molecule has 1 amide bonds. The predicted octanol–water partition coefficient (Wildman–Crippen LogP) is 1.40. The van der Waals surface area contributed by atoms with Gasteiger partial charge in [-0.3, -0.25) is 4.79 Å². The topological polar surface area (TPSA) is 94.8 Å². The van der Waals surface area contributed by atoms with Crippen molar-refractivity contribution in [3.8, 4) is 0 Å². The van der Waals surface area contributed by atoms with Gasteiger partial charge in [-0.15, -0.1) is 0 Å². The number of furan rings is 1. The Morgan fingerprint density at radius 2 is 1.96 bits per heavy atom. The van der Waals surface area contributed by atoms with E-state index in [4.69, 9.17) is 13.9 Å². The fourth-order valence-electron chi connectivity index (χ4n) is 2.51. The van der Waals surface area contributed by atoms with Crippen molar-refractivity contribution in [2.45, 2.75) is 16.8 Å². The molecule has 7 nitrogen and oxygen atoms in total. The first-order valence-electron chi connectivity index (χ1n) is 7.88. The van der Waals surface area contributed by atoms with Crippen LogP contribution in [0, 0.1) is 0 Å². The van der Waals surface area contributed by atoms with Crippen LogP contribution in [0.3, 0.4) is 0 Å². The number of hydrogen-bond acceptors (Lipinski definition) is 6. The van der Waals surface area contributed by atoms with Crippen LogP contribution in [-0.4, -0.2) is 46.8 Å². The van der Waals surface area contributed by atoms with E-state index in [1.807, 2.05) is 0 Å². The van der Waals surface area contributed by atoms with Crippen molar-refractivity contribution in [2.75, 3.05) is 26.4 Å². The largest absolute Gasteiger partial charge is 0.459 e. The standard InChI is InChI=1S/C17H19NO6S/c19-17(18-10-14-11-22-8-9-23-14)16-13(6-7-24-16)12-25(20,21)15-4-2-1-3-5-15/h1-7,14H,8-12H2,(H,18,19)/t14-/m0/s1. The molecule has 0 radical (unpaired) electrons. The van der Waals surface area contributed by atoms with Crippen molar-refractivity contribution in [1.29, 1.82) is 0 Å². The van der Waals surface area contributed by atoms with Crippen molar-refractivity contribution >= 4 is 15.7 Å². The summed E-state index contributed by atoms with van der Waals surface area (Å²) in [7, 11) is -3.56. The summed E-state index contributed by atoms with van der Waals surface area (Å²) >= 11 is 0. The lowest BCUT2D eigenvalue weighted by molar-refractivity contribution is -0.0856. The molecular formula is C17H19NO6S. The third kappa shape index (κ3) is 4.47. The Kier molecular flexibility index (Phi) is 5.52. The fraction of sp³-hybridized carbons (Fsp3) is 0.353. The normalized spacial score (nSPS) is 18.0. The SMILES string of the molecule is O=C(NC[C@H]1COCCO1)c1occc1CS(=O)(=O)c1ccccc1. The highest BCUT2D eigenvalue weighted by atomic mass is 32.2. The Hall–Kier alpha value is -2.16. The first-order chi connectivity index (χ1) is 12.1. The van der Waals surface area contributed by atoms with E-state index in [1.54, 1.807) is 18.2 Å². The first kappa shape index (κ1) is 17.7. The number of hydrogen-bond donors (Lipinski definition) is 1. The first-order valence-corrected chi connectivity index (χ1v) is 9.53. The molecule has 0 saturated carbocycles. The highest BCUT2D eigenvalue weighted by molar-refractivity contribution is 7.90. The average molecular weight is 365 g/mol. The zero-order valence-electron chi connectivity index (χ0n) is 13.5. The molecular weight excluding hydrogens is 346 g/mol. The lowest BCUT2D eigenvalue weighted by Crippen LogP contribution is -2.39. The third-order valence-electron chi connectivity index (χ3n) is 3.78. The maximum atomic E-state index is 12.5. The number of carbonyl (C=O) groups excluding carboxylic acids is 1. The molecule has 2 aromatic rings. The van der Waals surface area contributed by atoms with Crippen molar-refractivity contribution in [1.82, 2.24) is 5.32 Å². The molecule has 1 aromatic carbocycles. The summed E-state index contributed by atoms with van der Waals surface area (Å²) in [6.07, 6.45) is 1.09. The van der Waals surface area contributed by atoms with Gasteiger partial charge in [0.05, 0.1) is 42.8 Å². The highest BCUT2D eigenvalue weighted by Crippen LogP contribution is 2.20. The fourth-order valence-corrected chi connectivity index (χ4v) is 3.88. The van der Waals surface area contributed by atoms with Gasteiger partial charge in [-0.2, -0.15) is 0 Å². The maximum absolute atomic E-state index is 12.5. The van der Waals surface area contributed by atoms with Crippen LogP contribution in [0.1, 0.15) is 16.1 Å². The van der Waals surface area contributed by atoms with Gasteiger partial charge in [-0.05, 0) is 18.2 Å². The van der Waals surface area contributed by atoms with E-state index in [0.29, 0.717) is 25.4 Å². The van der Waals surface area contributed by atoms with Crippen molar-refractivity contribution in [3.63, 3.8) is 0 Å². The molecule has 1 saturated heterocycles. The lowest BCUT2D eigenvalue weighted by Gasteiger charge is -2.22. The maximum Gasteiger partial charge on any atom is 0.287 e. The highest BCUT2D eigenvalue weighted by Gasteiger charge is 2.23.